The molecule has 0 N–H and O–H groups in total. The van der Waals surface area contributed by atoms with Crippen molar-refractivity contribution in [1.29, 1.82) is 0 Å². The monoisotopic (exact) mass is 350 g/mol. The van der Waals surface area contributed by atoms with Crippen LogP contribution in [0.1, 0.15) is 24.3 Å². The Morgan fingerprint density at radius 3 is 2.71 bits per heavy atom. The van der Waals surface area contributed by atoms with Gasteiger partial charge in [0.2, 0.25) is 10.0 Å². The first-order valence-electron chi connectivity index (χ1n) is 8.09. The van der Waals surface area contributed by atoms with E-state index in [1.54, 1.807) is 13.8 Å². The fraction of sp³-hybridized carbons (Fsp3) is 0.471. The highest BCUT2D eigenvalue weighted by atomic mass is 32.2. The number of benzene rings is 1. The Morgan fingerprint density at radius 2 is 2.04 bits per heavy atom. The molecule has 0 saturated carbocycles. The van der Waals surface area contributed by atoms with Crippen LogP contribution >= 0.6 is 0 Å². The predicted molar refractivity (Wildman–Crippen MR) is 89.4 cm³/mol. The van der Waals surface area contributed by atoms with E-state index in [-0.39, 0.29) is 4.90 Å². The molecule has 0 spiro atoms. The highest BCUT2D eigenvalue weighted by Crippen LogP contribution is 2.29. The molecule has 1 saturated heterocycles. The van der Waals surface area contributed by atoms with E-state index in [1.807, 2.05) is 30.3 Å². The summed E-state index contributed by atoms with van der Waals surface area (Å²) < 4.78 is 37.8. The zero-order valence-corrected chi connectivity index (χ0v) is 14.8. The molecule has 0 aliphatic carbocycles. The second-order valence-electron chi connectivity index (χ2n) is 6.12. The van der Waals surface area contributed by atoms with Gasteiger partial charge in [-0.15, -0.1) is 0 Å². The smallest absolute Gasteiger partial charge is 0.248 e. The molecule has 0 radical (unpaired) electrons. The standard InChI is InChI=1S/C17H22N2O4S/c1-13-17(14(2)23-18-13)24(20,21)19-10-8-15(12-19)9-11-22-16-6-4-3-5-7-16/h3-7,15H,8-12H2,1-2H3. The predicted octanol–water partition coefficient (Wildman–Crippen LogP) is 2.77. The summed E-state index contributed by atoms with van der Waals surface area (Å²) in [5.41, 5.74) is 0.420. The number of aromatic nitrogens is 1. The molecule has 1 atom stereocenters. The Kier molecular flexibility index (Phi) is 4.91. The zero-order valence-electron chi connectivity index (χ0n) is 13.9. The third kappa shape index (κ3) is 3.47. The Balaban J connectivity index is 1.57. The minimum Gasteiger partial charge on any atom is -0.494 e. The van der Waals surface area contributed by atoms with Gasteiger partial charge in [0.05, 0.1) is 6.61 Å². The summed E-state index contributed by atoms with van der Waals surface area (Å²) in [5, 5.41) is 3.76. The van der Waals surface area contributed by atoms with E-state index in [0.29, 0.717) is 37.1 Å². The molecule has 1 aromatic heterocycles. The number of sulfonamides is 1. The first-order chi connectivity index (χ1) is 11.5. The average Bonchev–Trinajstić information content (AvgIpc) is 3.16. The Hall–Kier alpha value is -1.86. The molecule has 2 heterocycles. The quantitative estimate of drug-likeness (QED) is 0.801. The molecule has 1 fully saturated rings. The molecule has 0 amide bonds. The minimum absolute atomic E-state index is 0.212. The maximum atomic E-state index is 12.8. The van der Waals surface area contributed by atoms with Crippen LogP contribution < -0.4 is 4.74 Å². The van der Waals surface area contributed by atoms with Crippen LogP contribution in [-0.2, 0) is 10.0 Å². The van der Waals surface area contributed by atoms with Gasteiger partial charge in [0.25, 0.3) is 0 Å². The Bertz CT molecular complexity index is 767. The lowest BCUT2D eigenvalue weighted by molar-refractivity contribution is 0.280. The Labute approximate surface area is 142 Å². The number of hydrogen-bond acceptors (Lipinski definition) is 5. The van der Waals surface area contributed by atoms with Gasteiger partial charge in [0, 0.05) is 13.1 Å². The van der Waals surface area contributed by atoms with Gasteiger partial charge in [-0.05, 0) is 44.7 Å². The molecular formula is C17H22N2O4S. The van der Waals surface area contributed by atoms with Crippen LogP contribution in [0.4, 0.5) is 0 Å². The van der Waals surface area contributed by atoms with Crippen molar-refractivity contribution in [3.05, 3.63) is 41.8 Å². The molecule has 1 aliphatic rings. The Morgan fingerprint density at radius 1 is 1.29 bits per heavy atom. The summed E-state index contributed by atoms with van der Waals surface area (Å²) >= 11 is 0. The van der Waals surface area contributed by atoms with Crippen molar-refractivity contribution in [3.63, 3.8) is 0 Å². The van der Waals surface area contributed by atoms with Crippen molar-refractivity contribution < 1.29 is 17.7 Å². The highest BCUT2D eigenvalue weighted by Gasteiger charge is 2.36. The van der Waals surface area contributed by atoms with E-state index in [9.17, 15) is 8.42 Å². The van der Waals surface area contributed by atoms with Crippen LogP contribution in [0.3, 0.4) is 0 Å². The number of rotatable bonds is 6. The van der Waals surface area contributed by atoms with E-state index in [1.165, 1.54) is 4.31 Å². The van der Waals surface area contributed by atoms with Crippen LogP contribution in [0.25, 0.3) is 0 Å². The number of nitrogens with zero attached hydrogens (tertiary/aromatic N) is 2. The van der Waals surface area contributed by atoms with Crippen molar-refractivity contribution in [2.24, 2.45) is 5.92 Å². The summed E-state index contributed by atoms with van der Waals surface area (Å²) in [6.45, 7) is 4.93. The lowest BCUT2D eigenvalue weighted by Gasteiger charge is -2.16. The van der Waals surface area contributed by atoms with Crippen molar-refractivity contribution in [3.8, 4) is 5.75 Å². The van der Waals surface area contributed by atoms with Gasteiger partial charge in [-0.2, -0.15) is 4.31 Å². The zero-order chi connectivity index (χ0) is 17.2. The average molecular weight is 350 g/mol. The summed E-state index contributed by atoms with van der Waals surface area (Å²) in [6, 6.07) is 9.65. The summed E-state index contributed by atoms with van der Waals surface area (Å²) in [4.78, 5) is 0.212. The summed E-state index contributed by atoms with van der Waals surface area (Å²) in [7, 11) is -3.53. The number of aryl methyl sites for hydroxylation is 2. The molecule has 6 nitrogen and oxygen atoms in total. The number of hydrogen-bond donors (Lipinski definition) is 0. The van der Waals surface area contributed by atoms with Crippen LogP contribution in [0, 0.1) is 19.8 Å². The normalized spacial score (nSPS) is 18.8. The fourth-order valence-corrected chi connectivity index (χ4v) is 4.91. The van der Waals surface area contributed by atoms with Crippen molar-refractivity contribution in [2.75, 3.05) is 19.7 Å². The van der Waals surface area contributed by atoms with Crippen molar-refractivity contribution >= 4 is 10.0 Å². The summed E-state index contributed by atoms with van der Waals surface area (Å²) in [5.74, 6) is 1.50. The molecule has 1 unspecified atom stereocenters. The van der Waals surface area contributed by atoms with E-state index in [4.69, 9.17) is 9.26 Å². The molecule has 3 rings (SSSR count). The van der Waals surface area contributed by atoms with Crippen LogP contribution in [0.5, 0.6) is 5.75 Å². The van der Waals surface area contributed by atoms with E-state index >= 15 is 0 Å². The lowest BCUT2D eigenvalue weighted by Crippen LogP contribution is -2.29. The SMILES string of the molecule is Cc1noc(C)c1S(=O)(=O)N1CCC(CCOc2ccccc2)C1. The molecule has 1 aliphatic heterocycles. The van der Waals surface area contributed by atoms with Gasteiger partial charge >= 0.3 is 0 Å². The number of ether oxygens (including phenoxy) is 1. The van der Waals surface area contributed by atoms with Gasteiger partial charge < -0.3 is 9.26 Å². The maximum absolute atomic E-state index is 12.8. The van der Waals surface area contributed by atoms with Crippen molar-refractivity contribution in [1.82, 2.24) is 9.46 Å². The second-order valence-corrected chi connectivity index (χ2v) is 8.00. The minimum atomic E-state index is -3.53. The second kappa shape index (κ2) is 6.94. The molecule has 24 heavy (non-hydrogen) atoms. The number of para-hydroxylation sites is 1. The van der Waals surface area contributed by atoms with Gasteiger partial charge in [0.1, 0.15) is 16.3 Å². The lowest BCUT2D eigenvalue weighted by atomic mass is 10.1. The van der Waals surface area contributed by atoms with Gasteiger partial charge in [-0.25, -0.2) is 8.42 Å². The largest absolute Gasteiger partial charge is 0.494 e. The maximum Gasteiger partial charge on any atom is 0.248 e. The van der Waals surface area contributed by atoms with E-state index < -0.39 is 10.0 Å². The summed E-state index contributed by atoms with van der Waals surface area (Å²) in [6.07, 6.45) is 1.68. The first kappa shape index (κ1) is 17.0. The van der Waals surface area contributed by atoms with Crippen molar-refractivity contribution in [2.45, 2.75) is 31.6 Å². The molecule has 7 heteroatoms. The molecular weight excluding hydrogens is 328 g/mol. The first-order valence-corrected chi connectivity index (χ1v) is 9.53. The van der Waals surface area contributed by atoms with Gasteiger partial charge in [0.15, 0.2) is 5.76 Å². The molecule has 2 aromatic rings. The third-order valence-corrected chi connectivity index (χ3v) is 6.46. The van der Waals surface area contributed by atoms with E-state index in [0.717, 1.165) is 18.6 Å². The molecule has 130 valence electrons. The van der Waals surface area contributed by atoms with Crippen LogP contribution in [0.2, 0.25) is 0 Å². The van der Waals surface area contributed by atoms with E-state index in [2.05, 4.69) is 5.16 Å². The third-order valence-electron chi connectivity index (χ3n) is 4.35. The molecule has 0 bridgehead atoms. The van der Waals surface area contributed by atoms with Crippen LogP contribution in [0.15, 0.2) is 39.8 Å². The van der Waals surface area contributed by atoms with Crippen LogP contribution in [-0.4, -0.2) is 37.6 Å². The molecule has 1 aromatic carbocycles. The topological polar surface area (TPSA) is 72.6 Å². The van der Waals surface area contributed by atoms with Gasteiger partial charge in [-0.3, -0.25) is 0 Å². The highest BCUT2D eigenvalue weighted by molar-refractivity contribution is 7.89. The van der Waals surface area contributed by atoms with Gasteiger partial charge in [-0.1, -0.05) is 23.4 Å². The fourth-order valence-electron chi connectivity index (χ4n) is 3.08.